The van der Waals surface area contributed by atoms with Crippen LogP contribution in [-0.4, -0.2) is 10.9 Å². The molecule has 1 saturated carbocycles. The van der Waals surface area contributed by atoms with Crippen LogP contribution < -0.4 is 5.32 Å². The first kappa shape index (κ1) is 18.9. The van der Waals surface area contributed by atoms with E-state index in [-0.39, 0.29) is 16.8 Å². The molecule has 1 N–H and O–H groups in total. The molecule has 0 atom stereocenters. The van der Waals surface area contributed by atoms with Gasteiger partial charge in [-0.3, -0.25) is 4.79 Å². The predicted molar refractivity (Wildman–Crippen MR) is 90.8 cm³/mol. The van der Waals surface area contributed by atoms with E-state index in [9.17, 15) is 9.18 Å². The maximum atomic E-state index is 13.7. The molecule has 23 heavy (non-hydrogen) atoms. The Balaban J connectivity index is 0.000000615. The van der Waals surface area contributed by atoms with Crippen molar-refractivity contribution in [1.82, 2.24) is 4.98 Å². The van der Waals surface area contributed by atoms with Crippen molar-refractivity contribution < 1.29 is 9.18 Å². The summed E-state index contributed by atoms with van der Waals surface area (Å²) >= 11 is 5.95. The molecular formula is C17H19ClFN3O. The Morgan fingerprint density at radius 1 is 1.39 bits per heavy atom. The molecule has 1 amide bonds. The lowest BCUT2D eigenvalue weighted by Crippen LogP contribution is -2.14. The minimum atomic E-state index is -0.425. The molecule has 1 aliphatic rings. The lowest BCUT2D eigenvalue weighted by atomic mass is 10.1. The number of amides is 1. The Hall–Kier alpha value is -2.19. The second-order valence-corrected chi connectivity index (χ2v) is 5.25. The molecular weight excluding hydrogens is 317 g/mol. The molecule has 1 aliphatic carbocycles. The van der Waals surface area contributed by atoms with Crippen molar-refractivity contribution in [3.8, 4) is 6.57 Å². The van der Waals surface area contributed by atoms with Gasteiger partial charge < -0.3 is 5.32 Å². The maximum absolute atomic E-state index is 13.7. The molecule has 1 aromatic heterocycles. The summed E-state index contributed by atoms with van der Waals surface area (Å²) in [5.41, 5.74) is 0.475. The number of nitrogens with one attached hydrogen (secondary N) is 1. The second kappa shape index (κ2) is 8.44. The van der Waals surface area contributed by atoms with Gasteiger partial charge in [0.05, 0.1) is 5.02 Å². The quantitative estimate of drug-likeness (QED) is 0.853. The molecule has 0 bridgehead atoms. The van der Waals surface area contributed by atoms with Crippen molar-refractivity contribution in [1.29, 1.82) is 5.26 Å². The predicted octanol–water partition coefficient (Wildman–Crippen LogP) is 4.85. The molecule has 3 rings (SSSR count). The number of carbonyl (C=O) groups is 1. The van der Waals surface area contributed by atoms with E-state index in [4.69, 9.17) is 16.9 Å². The topological polar surface area (TPSA) is 65.8 Å². The normalized spacial score (nSPS) is 12.5. The molecule has 0 spiro atoms. The van der Waals surface area contributed by atoms with Crippen molar-refractivity contribution in [2.45, 2.75) is 33.6 Å². The summed E-state index contributed by atoms with van der Waals surface area (Å²) in [7, 11) is 0. The van der Waals surface area contributed by atoms with E-state index in [1.165, 1.54) is 6.20 Å². The van der Waals surface area contributed by atoms with Gasteiger partial charge in [-0.15, -0.1) is 0 Å². The van der Waals surface area contributed by atoms with Gasteiger partial charge in [0.2, 0.25) is 5.91 Å². The number of anilines is 1. The summed E-state index contributed by atoms with van der Waals surface area (Å²) in [6.45, 7) is 9.16. The number of aromatic nitrogens is 1. The number of aryl methyl sites for hydroxylation is 1. The maximum Gasteiger partial charge on any atom is 0.228 e. The number of hydrogen-bond acceptors (Lipinski definition) is 3. The fraction of sp³-hybridized carbons (Fsp3) is 0.353. The smallest absolute Gasteiger partial charge is 0.228 e. The van der Waals surface area contributed by atoms with Crippen LogP contribution in [0.2, 0.25) is 5.02 Å². The highest BCUT2D eigenvalue weighted by atomic mass is 35.5. The molecule has 4 nitrogen and oxygen atoms in total. The summed E-state index contributed by atoms with van der Waals surface area (Å²) in [5.74, 6) is 0.171. The molecule has 0 aliphatic heterocycles. The van der Waals surface area contributed by atoms with E-state index in [0.717, 1.165) is 18.2 Å². The molecule has 0 unspecified atom stereocenters. The molecule has 1 aromatic carbocycles. The molecule has 1 heterocycles. The Labute approximate surface area is 140 Å². The van der Waals surface area contributed by atoms with Gasteiger partial charge in [-0.1, -0.05) is 25.4 Å². The van der Waals surface area contributed by atoms with Gasteiger partial charge in [-0.25, -0.2) is 14.6 Å². The molecule has 0 saturated heterocycles. The average Bonchev–Trinajstić information content (AvgIpc) is 3.41. The fourth-order valence-corrected chi connectivity index (χ4v) is 2.31. The molecule has 1 fully saturated rings. The Bertz CT molecular complexity index is 727. The van der Waals surface area contributed by atoms with Gasteiger partial charge in [0.25, 0.3) is 0 Å². The fourth-order valence-electron chi connectivity index (χ4n) is 2.00. The first-order valence-electron chi connectivity index (χ1n) is 7.37. The standard InChI is InChI=1S/C14H12ClFN2O.C2H6.CHN/c1-7-4-9-5-11(18-14(19)8-2-3-8)17-6-10(9)12(15)13(7)16;2*1-2/h4-6,8H,2-3H2,1H3,(H,17,18,19);1-2H3;1H. The van der Waals surface area contributed by atoms with Crippen LogP contribution in [0.15, 0.2) is 18.3 Å². The number of nitrogens with zero attached hydrogens (tertiary/aromatic N) is 2. The highest BCUT2D eigenvalue weighted by Crippen LogP contribution is 2.32. The molecule has 6 heteroatoms. The van der Waals surface area contributed by atoms with E-state index >= 15 is 0 Å². The van der Waals surface area contributed by atoms with Crippen LogP contribution in [0.1, 0.15) is 32.3 Å². The van der Waals surface area contributed by atoms with Crippen LogP contribution in [0.3, 0.4) is 0 Å². The summed E-state index contributed by atoms with van der Waals surface area (Å²) < 4.78 is 13.7. The van der Waals surface area contributed by atoms with Crippen molar-refractivity contribution in [3.05, 3.63) is 34.7 Å². The van der Waals surface area contributed by atoms with Gasteiger partial charge in [0, 0.05) is 24.1 Å². The van der Waals surface area contributed by atoms with Gasteiger partial charge in [0.1, 0.15) is 11.6 Å². The third-order valence-electron chi connectivity index (χ3n) is 3.28. The van der Waals surface area contributed by atoms with Crippen molar-refractivity contribution in [2.24, 2.45) is 5.92 Å². The molecule has 122 valence electrons. The van der Waals surface area contributed by atoms with E-state index in [1.54, 1.807) is 19.1 Å². The largest absolute Gasteiger partial charge is 0.310 e. The summed E-state index contributed by atoms with van der Waals surface area (Å²) in [6, 6.07) is 3.42. The number of hydrogen-bond donors (Lipinski definition) is 1. The summed E-state index contributed by atoms with van der Waals surface area (Å²) in [6.07, 6.45) is 3.37. The average molecular weight is 336 g/mol. The van der Waals surface area contributed by atoms with E-state index in [2.05, 4.69) is 16.9 Å². The van der Waals surface area contributed by atoms with Crippen LogP contribution >= 0.6 is 11.6 Å². The zero-order valence-electron chi connectivity index (χ0n) is 13.4. The van der Waals surface area contributed by atoms with Crippen LogP contribution in [0.4, 0.5) is 10.2 Å². The van der Waals surface area contributed by atoms with Gasteiger partial charge in [-0.2, -0.15) is 0 Å². The van der Waals surface area contributed by atoms with Crippen LogP contribution in [0, 0.1) is 30.5 Å². The first-order chi connectivity index (χ1) is 11.1. The number of nitriles is 1. The van der Waals surface area contributed by atoms with E-state index in [0.29, 0.717) is 16.8 Å². The highest BCUT2D eigenvalue weighted by Gasteiger charge is 2.29. The minimum absolute atomic E-state index is 0.00298. The number of pyridine rings is 1. The van der Waals surface area contributed by atoms with Gasteiger partial charge in [0.15, 0.2) is 0 Å². The Morgan fingerprint density at radius 3 is 2.57 bits per heavy atom. The molecule has 0 radical (unpaired) electrons. The van der Waals surface area contributed by atoms with E-state index in [1.807, 2.05) is 13.8 Å². The molecule has 2 aromatic rings. The number of benzene rings is 1. The van der Waals surface area contributed by atoms with Crippen LogP contribution in [0.25, 0.3) is 10.8 Å². The third kappa shape index (κ3) is 4.40. The van der Waals surface area contributed by atoms with Crippen molar-refractivity contribution >= 4 is 34.1 Å². The van der Waals surface area contributed by atoms with Crippen molar-refractivity contribution in [3.63, 3.8) is 0 Å². The lowest BCUT2D eigenvalue weighted by molar-refractivity contribution is -0.117. The highest BCUT2D eigenvalue weighted by molar-refractivity contribution is 6.35. The van der Waals surface area contributed by atoms with E-state index < -0.39 is 5.82 Å². The minimum Gasteiger partial charge on any atom is -0.310 e. The van der Waals surface area contributed by atoms with Crippen LogP contribution in [-0.2, 0) is 4.79 Å². The number of halogens is 2. The second-order valence-electron chi connectivity index (χ2n) is 4.88. The third-order valence-corrected chi connectivity index (χ3v) is 3.65. The number of rotatable bonds is 2. The Morgan fingerprint density at radius 2 is 2.00 bits per heavy atom. The monoisotopic (exact) mass is 335 g/mol. The zero-order chi connectivity index (χ0) is 17.6. The van der Waals surface area contributed by atoms with Gasteiger partial charge in [-0.05, 0) is 42.8 Å². The van der Waals surface area contributed by atoms with Gasteiger partial charge >= 0.3 is 0 Å². The SMILES string of the molecule is C#N.CC.Cc1cc2cc(NC(=O)C3CC3)ncc2c(Cl)c1F. The lowest BCUT2D eigenvalue weighted by Gasteiger charge is -2.08. The summed E-state index contributed by atoms with van der Waals surface area (Å²) in [5, 5.41) is 10.7. The number of carbonyl (C=O) groups excluding carboxylic acids is 1. The van der Waals surface area contributed by atoms with Crippen LogP contribution in [0.5, 0.6) is 0 Å². The van der Waals surface area contributed by atoms with Crippen molar-refractivity contribution in [2.75, 3.05) is 5.32 Å². The number of fused-ring (bicyclic) bond motifs is 1. The Kier molecular flexibility index (Phi) is 6.92. The zero-order valence-corrected chi connectivity index (χ0v) is 14.1. The first-order valence-corrected chi connectivity index (χ1v) is 7.75. The summed E-state index contributed by atoms with van der Waals surface area (Å²) in [4.78, 5) is 15.8.